The molecule has 7 nitrogen and oxygen atoms in total. The summed E-state index contributed by atoms with van der Waals surface area (Å²) in [6.07, 6.45) is 6.53. The lowest BCUT2D eigenvalue weighted by molar-refractivity contribution is -0.112. The molecule has 5 N–H and O–H groups in total. The zero-order valence-corrected chi connectivity index (χ0v) is 15.4. The van der Waals surface area contributed by atoms with Crippen molar-refractivity contribution in [2.75, 3.05) is 5.32 Å². The maximum atomic E-state index is 12.2. The number of allylic oxidation sites excluding steroid dienone is 1. The quantitative estimate of drug-likeness (QED) is 0.532. The summed E-state index contributed by atoms with van der Waals surface area (Å²) in [4.78, 5) is 17.0. The molecular formula is C18H22N6OS. The predicted octanol–water partition coefficient (Wildman–Crippen LogP) is 2.76. The fourth-order valence-corrected chi connectivity index (χ4v) is 3.29. The standard InChI is InChI=1S/C18H22N6OS/c1-10(19)17(26-20)18(25)22-13-6-7-16(21-9-13)24-15(12-4-5-12)8-14(23-24)11-2-3-11/h6-9,11-12H,2-5,19-20H2,1H3,(H,22,25)/b17-10-. The fraction of sp³-hybridized carbons (Fsp3) is 0.389. The molecular weight excluding hydrogens is 348 g/mol. The van der Waals surface area contributed by atoms with Crippen molar-refractivity contribution in [2.24, 2.45) is 10.9 Å². The highest BCUT2D eigenvalue weighted by Gasteiger charge is 2.33. The Morgan fingerprint density at radius 1 is 1.27 bits per heavy atom. The highest BCUT2D eigenvalue weighted by Crippen LogP contribution is 2.45. The number of hydrogen-bond donors (Lipinski definition) is 3. The highest BCUT2D eigenvalue weighted by molar-refractivity contribution is 8.01. The second-order valence-electron chi connectivity index (χ2n) is 6.94. The number of carbonyl (C=O) groups is 1. The first-order valence-electron chi connectivity index (χ1n) is 8.77. The van der Waals surface area contributed by atoms with Gasteiger partial charge in [0.15, 0.2) is 5.82 Å². The summed E-state index contributed by atoms with van der Waals surface area (Å²) in [6, 6.07) is 5.94. The van der Waals surface area contributed by atoms with Crippen LogP contribution in [-0.4, -0.2) is 20.7 Å². The van der Waals surface area contributed by atoms with Crippen LogP contribution in [0.5, 0.6) is 0 Å². The van der Waals surface area contributed by atoms with Gasteiger partial charge in [0, 0.05) is 23.2 Å². The minimum absolute atomic E-state index is 0.297. The van der Waals surface area contributed by atoms with E-state index in [2.05, 4.69) is 16.4 Å². The normalized spacial score (nSPS) is 17.8. The number of amides is 1. The summed E-state index contributed by atoms with van der Waals surface area (Å²) in [5, 5.41) is 13.1. The van der Waals surface area contributed by atoms with Crippen LogP contribution in [0, 0.1) is 0 Å². The predicted molar refractivity (Wildman–Crippen MR) is 103 cm³/mol. The van der Waals surface area contributed by atoms with Gasteiger partial charge in [-0.1, -0.05) is 0 Å². The average molecular weight is 370 g/mol. The zero-order valence-electron chi connectivity index (χ0n) is 14.6. The van der Waals surface area contributed by atoms with Crippen LogP contribution in [-0.2, 0) is 4.79 Å². The number of pyridine rings is 1. The van der Waals surface area contributed by atoms with E-state index in [0.717, 1.165) is 17.8 Å². The highest BCUT2D eigenvalue weighted by atomic mass is 32.2. The molecule has 136 valence electrons. The molecule has 2 aromatic heterocycles. The molecule has 2 aliphatic carbocycles. The first-order valence-corrected chi connectivity index (χ1v) is 9.65. The van der Waals surface area contributed by atoms with Crippen LogP contribution in [0.3, 0.4) is 0 Å². The number of nitrogens with one attached hydrogen (secondary N) is 1. The third-order valence-electron chi connectivity index (χ3n) is 4.65. The van der Waals surface area contributed by atoms with Crippen molar-refractivity contribution in [3.05, 3.63) is 46.4 Å². The number of aromatic nitrogens is 3. The number of nitrogens with zero attached hydrogens (tertiary/aromatic N) is 3. The molecule has 2 fully saturated rings. The van der Waals surface area contributed by atoms with Gasteiger partial charge in [0.05, 0.1) is 17.6 Å². The van der Waals surface area contributed by atoms with E-state index in [0.29, 0.717) is 28.1 Å². The van der Waals surface area contributed by atoms with Crippen LogP contribution in [0.15, 0.2) is 35.0 Å². The first kappa shape index (κ1) is 17.1. The van der Waals surface area contributed by atoms with Gasteiger partial charge >= 0.3 is 0 Å². The monoisotopic (exact) mass is 370 g/mol. The summed E-state index contributed by atoms with van der Waals surface area (Å²) in [6.45, 7) is 1.64. The van der Waals surface area contributed by atoms with Gasteiger partial charge in [-0.15, -0.1) is 0 Å². The van der Waals surface area contributed by atoms with E-state index in [-0.39, 0.29) is 5.91 Å². The first-order chi connectivity index (χ1) is 12.6. The molecule has 0 aromatic carbocycles. The van der Waals surface area contributed by atoms with Crippen molar-refractivity contribution >= 4 is 23.5 Å². The lowest BCUT2D eigenvalue weighted by atomic mass is 10.2. The smallest absolute Gasteiger partial charge is 0.265 e. The Balaban J connectivity index is 1.55. The molecule has 2 saturated carbocycles. The van der Waals surface area contributed by atoms with Crippen molar-refractivity contribution in [3.63, 3.8) is 0 Å². The van der Waals surface area contributed by atoms with E-state index < -0.39 is 0 Å². The topological polar surface area (TPSA) is 112 Å². The molecule has 2 heterocycles. The molecule has 2 aromatic rings. The van der Waals surface area contributed by atoms with Gasteiger partial charge in [-0.05, 0) is 62.8 Å². The number of anilines is 1. The van der Waals surface area contributed by atoms with Crippen molar-refractivity contribution < 1.29 is 4.79 Å². The van der Waals surface area contributed by atoms with Gasteiger partial charge < -0.3 is 11.1 Å². The van der Waals surface area contributed by atoms with E-state index in [1.165, 1.54) is 37.1 Å². The maximum absolute atomic E-state index is 12.2. The molecule has 0 aliphatic heterocycles. The van der Waals surface area contributed by atoms with E-state index in [9.17, 15) is 4.79 Å². The Morgan fingerprint density at radius 3 is 2.54 bits per heavy atom. The third kappa shape index (κ3) is 3.47. The summed E-state index contributed by atoms with van der Waals surface area (Å²) < 4.78 is 1.96. The lowest BCUT2D eigenvalue weighted by Gasteiger charge is -2.09. The van der Waals surface area contributed by atoms with Crippen LogP contribution in [0.2, 0.25) is 0 Å². The lowest BCUT2D eigenvalue weighted by Crippen LogP contribution is -2.17. The summed E-state index contributed by atoms with van der Waals surface area (Å²) in [5.41, 5.74) is 9.08. The summed E-state index contributed by atoms with van der Waals surface area (Å²) >= 11 is 0.837. The number of rotatable bonds is 6. The van der Waals surface area contributed by atoms with E-state index in [1.807, 2.05) is 16.8 Å². The molecule has 0 unspecified atom stereocenters. The van der Waals surface area contributed by atoms with Gasteiger partial charge in [-0.2, -0.15) is 5.10 Å². The van der Waals surface area contributed by atoms with Crippen LogP contribution in [0.1, 0.15) is 55.8 Å². The molecule has 0 spiro atoms. The minimum Gasteiger partial charge on any atom is -0.401 e. The second-order valence-corrected chi connectivity index (χ2v) is 7.59. The van der Waals surface area contributed by atoms with Gasteiger partial charge in [0.1, 0.15) is 4.91 Å². The fourth-order valence-electron chi connectivity index (χ4n) is 2.95. The van der Waals surface area contributed by atoms with Gasteiger partial charge in [0.2, 0.25) is 0 Å². The molecule has 0 atom stereocenters. The van der Waals surface area contributed by atoms with Crippen LogP contribution in [0.4, 0.5) is 5.69 Å². The zero-order chi connectivity index (χ0) is 18.3. The second kappa shape index (κ2) is 6.77. The minimum atomic E-state index is -0.333. The molecule has 8 heteroatoms. The van der Waals surface area contributed by atoms with Gasteiger partial charge in [-0.3, -0.25) is 9.93 Å². The summed E-state index contributed by atoms with van der Waals surface area (Å²) in [7, 11) is 0. The molecule has 0 saturated heterocycles. The Labute approximate surface area is 156 Å². The molecule has 26 heavy (non-hydrogen) atoms. The maximum Gasteiger partial charge on any atom is 0.265 e. The third-order valence-corrected chi connectivity index (χ3v) is 5.40. The Kier molecular flexibility index (Phi) is 4.46. The molecule has 0 radical (unpaired) electrons. The Morgan fingerprint density at radius 2 is 2.00 bits per heavy atom. The average Bonchev–Trinajstić information content (AvgIpc) is 3.54. The van der Waals surface area contributed by atoms with Gasteiger partial charge in [-0.25, -0.2) is 9.67 Å². The Hall–Kier alpha value is -2.32. The van der Waals surface area contributed by atoms with E-state index >= 15 is 0 Å². The molecule has 2 aliphatic rings. The molecule has 1 amide bonds. The number of nitrogens with two attached hydrogens (primary N) is 2. The SMILES string of the molecule is C/C(N)=C(/SN)C(=O)Nc1ccc(-n2nc(C3CC3)cc2C2CC2)nc1. The van der Waals surface area contributed by atoms with E-state index in [1.54, 1.807) is 13.1 Å². The molecule has 4 rings (SSSR count). The molecule has 0 bridgehead atoms. The Bertz CT molecular complexity index is 860. The van der Waals surface area contributed by atoms with Crippen molar-refractivity contribution in [3.8, 4) is 5.82 Å². The van der Waals surface area contributed by atoms with Crippen LogP contribution >= 0.6 is 11.9 Å². The number of carbonyl (C=O) groups excluding carboxylic acids is 1. The van der Waals surface area contributed by atoms with Crippen LogP contribution < -0.4 is 16.2 Å². The van der Waals surface area contributed by atoms with Crippen molar-refractivity contribution in [2.45, 2.75) is 44.4 Å². The summed E-state index contributed by atoms with van der Waals surface area (Å²) in [5.74, 6) is 1.65. The van der Waals surface area contributed by atoms with Crippen molar-refractivity contribution in [1.82, 2.24) is 14.8 Å². The van der Waals surface area contributed by atoms with Crippen LogP contribution in [0.25, 0.3) is 5.82 Å². The van der Waals surface area contributed by atoms with E-state index in [4.69, 9.17) is 16.0 Å². The van der Waals surface area contributed by atoms with Gasteiger partial charge in [0.25, 0.3) is 5.91 Å². The number of hydrogen-bond acceptors (Lipinski definition) is 6. The largest absolute Gasteiger partial charge is 0.401 e. The van der Waals surface area contributed by atoms with Crippen molar-refractivity contribution in [1.29, 1.82) is 0 Å².